The zero-order valence-corrected chi connectivity index (χ0v) is 10.7. The van der Waals surface area contributed by atoms with Crippen LogP contribution in [0, 0.1) is 5.92 Å². The monoisotopic (exact) mass is 249 g/mol. The minimum absolute atomic E-state index is 0. The van der Waals surface area contributed by atoms with Crippen molar-refractivity contribution in [1.29, 1.82) is 0 Å². The predicted octanol–water partition coefficient (Wildman–Crippen LogP) is -0.262. The number of nitrogens with one attached hydrogen (secondary N) is 1. The predicted molar refractivity (Wildman–Crippen MR) is 64.2 cm³/mol. The number of carbonyl (C=O) groups is 2. The lowest BCUT2D eigenvalue weighted by molar-refractivity contribution is -0.133. The van der Waals surface area contributed by atoms with Crippen molar-refractivity contribution in [3.05, 3.63) is 0 Å². The Hall–Kier alpha value is -0.810. The Morgan fingerprint density at radius 2 is 2.12 bits per heavy atom. The minimum atomic E-state index is -0.358. The maximum atomic E-state index is 11.6. The third kappa shape index (κ3) is 3.35. The van der Waals surface area contributed by atoms with Gasteiger partial charge < -0.3 is 16.0 Å². The van der Waals surface area contributed by atoms with Crippen LogP contribution in [0.5, 0.6) is 0 Å². The zero-order valence-electron chi connectivity index (χ0n) is 9.90. The molecule has 1 fully saturated rings. The highest BCUT2D eigenvalue weighted by Gasteiger charge is 2.31. The summed E-state index contributed by atoms with van der Waals surface area (Å²) in [7, 11) is 1.74. The van der Waals surface area contributed by atoms with Crippen LogP contribution in [0.4, 0.5) is 0 Å². The van der Waals surface area contributed by atoms with E-state index in [0.29, 0.717) is 13.0 Å². The van der Waals surface area contributed by atoms with E-state index in [9.17, 15) is 9.59 Å². The average Bonchev–Trinajstić information content (AvgIpc) is 2.48. The molecule has 0 aromatic carbocycles. The molecule has 0 aromatic heterocycles. The van der Waals surface area contributed by atoms with Crippen LogP contribution < -0.4 is 11.1 Å². The fourth-order valence-corrected chi connectivity index (χ4v) is 1.50. The van der Waals surface area contributed by atoms with Crippen LogP contribution in [0.3, 0.4) is 0 Å². The van der Waals surface area contributed by atoms with E-state index in [-0.39, 0.29) is 42.2 Å². The van der Waals surface area contributed by atoms with Crippen molar-refractivity contribution in [2.75, 3.05) is 13.6 Å². The Bertz CT molecular complexity index is 271. The van der Waals surface area contributed by atoms with Crippen molar-refractivity contribution in [1.82, 2.24) is 10.2 Å². The maximum absolute atomic E-state index is 11.6. The van der Waals surface area contributed by atoms with Gasteiger partial charge in [0.25, 0.3) is 0 Å². The van der Waals surface area contributed by atoms with E-state index in [2.05, 4.69) is 5.32 Å². The van der Waals surface area contributed by atoms with Crippen molar-refractivity contribution in [3.8, 4) is 0 Å². The van der Waals surface area contributed by atoms with Gasteiger partial charge in [0.15, 0.2) is 0 Å². The molecule has 1 aliphatic rings. The highest BCUT2D eigenvalue weighted by Crippen LogP contribution is 2.10. The fraction of sp³-hybridized carbons (Fsp3) is 0.800. The smallest absolute Gasteiger partial charge is 0.244 e. The normalized spacial score (nSPS) is 23.6. The van der Waals surface area contributed by atoms with E-state index in [1.807, 2.05) is 0 Å². The number of hydrogen-bond acceptors (Lipinski definition) is 3. The van der Waals surface area contributed by atoms with Crippen molar-refractivity contribution in [2.45, 2.75) is 32.4 Å². The molecular weight excluding hydrogens is 230 g/mol. The van der Waals surface area contributed by atoms with Crippen LogP contribution in [-0.2, 0) is 9.59 Å². The van der Waals surface area contributed by atoms with Crippen molar-refractivity contribution >= 4 is 24.2 Å². The lowest BCUT2D eigenvalue weighted by Crippen LogP contribution is -2.46. The number of likely N-dealkylation sites (tertiary alicyclic amines) is 1. The van der Waals surface area contributed by atoms with Gasteiger partial charge in [-0.1, -0.05) is 6.92 Å². The molecule has 0 bridgehead atoms. The van der Waals surface area contributed by atoms with Crippen LogP contribution in [0.25, 0.3) is 0 Å². The number of nitrogens with zero attached hydrogens (tertiary/aromatic N) is 1. The first-order valence-electron chi connectivity index (χ1n) is 5.24. The van der Waals surface area contributed by atoms with Gasteiger partial charge in [0.2, 0.25) is 11.8 Å². The molecule has 6 heteroatoms. The standard InChI is InChI=1S/C10H19N3O2.ClH/c1-6(7(2)11)9(14)12-8-4-5-13(3)10(8)15;/h6-8H,4-5,11H2,1-3H3,(H,12,14);1H. The summed E-state index contributed by atoms with van der Waals surface area (Å²) in [6.07, 6.45) is 0.687. The number of rotatable bonds is 3. The summed E-state index contributed by atoms with van der Waals surface area (Å²) >= 11 is 0. The number of amides is 2. The molecule has 0 radical (unpaired) electrons. The van der Waals surface area contributed by atoms with Gasteiger partial charge in [-0.15, -0.1) is 12.4 Å². The van der Waals surface area contributed by atoms with Crippen molar-refractivity contribution in [2.24, 2.45) is 11.7 Å². The summed E-state index contributed by atoms with van der Waals surface area (Å²) in [5, 5.41) is 2.73. The highest BCUT2D eigenvalue weighted by molar-refractivity contribution is 5.89. The van der Waals surface area contributed by atoms with Gasteiger partial charge in [-0.05, 0) is 13.3 Å². The highest BCUT2D eigenvalue weighted by atomic mass is 35.5. The van der Waals surface area contributed by atoms with Crippen LogP contribution >= 0.6 is 12.4 Å². The number of nitrogens with two attached hydrogens (primary N) is 1. The molecule has 3 atom stereocenters. The maximum Gasteiger partial charge on any atom is 0.244 e. The van der Waals surface area contributed by atoms with E-state index in [1.54, 1.807) is 25.8 Å². The van der Waals surface area contributed by atoms with Crippen LogP contribution in [-0.4, -0.2) is 42.4 Å². The van der Waals surface area contributed by atoms with Crippen LogP contribution in [0.1, 0.15) is 20.3 Å². The first kappa shape index (κ1) is 15.2. The molecular formula is C10H20ClN3O2. The van der Waals surface area contributed by atoms with E-state index in [0.717, 1.165) is 0 Å². The Labute approximate surface area is 102 Å². The first-order chi connectivity index (χ1) is 6.93. The van der Waals surface area contributed by atoms with E-state index >= 15 is 0 Å². The number of likely N-dealkylation sites (N-methyl/N-ethyl adjacent to an activating group) is 1. The molecule has 3 unspecified atom stereocenters. The summed E-state index contributed by atoms with van der Waals surface area (Å²) < 4.78 is 0. The average molecular weight is 250 g/mol. The molecule has 5 nitrogen and oxygen atoms in total. The summed E-state index contributed by atoms with van der Waals surface area (Å²) in [4.78, 5) is 24.8. The molecule has 0 saturated carbocycles. The molecule has 3 N–H and O–H groups in total. The van der Waals surface area contributed by atoms with Crippen LogP contribution in [0.15, 0.2) is 0 Å². The van der Waals surface area contributed by atoms with Gasteiger partial charge in [0, 0.05) is 25.6 Å². The van der Waals surface area contributed by atoms with E-state index in [4.69, 9.17) is 5.73 Å². The molecule has 94 valence electrons. The lowest BCUT2D eigenvalue weighted by atomic mass is 10.0. The molecule has 1 rings (SSSR count). The summed E-state index contributed by atoms with van der Waals surface area (Å²) in [6.45, 7) is 4.26. The van der Waals surface area contributed by atoms with Gasteiger partial charge in [0.05, 0.1) is 0 Å². The summed E-state index contributed by atoms with van der Waals surface area (Å²) in [5.74, 6) is -0.414. The third-order valence-corrected chi connectivity index (χ3v) is 2.95. The Kier molecular flexibility index (Phi) is 5.75. The SMILES string of the molecule is CC(N)C(C)C(=O)NC1CCN(C)C1=O.Cl. The summed E-state index contributed by atoms with van der Waals surface area (Å²) in [5.41, 5.74) is 5.62. The quantitative estimate of drug-likeness (QED) is 0.724. The van der Waals surface area contributed by atoms with E-state index in [1.165, 1.54) is 0 Å². The molecule has 2 amide bonds. The molecule has 1 heterocycles. The van der Waals surface area contributed by atoms with Gasteiger partial charge in [-0.3, -0.25) is 9.59 Å². The number of carbonyl (C=O) groups excluding carboxylic acids is 2. The molecule has 0 aromatic rings. The van der Waals surface area contributed by atoms with Crippen molar-refractivity contribution in [3.63, 3.8) is 0 Å². The number of halogens is 1. The molecule has 1 aliphatic heterocycles. The molecule has 0 spiro atoms. The molecule has 1 saturated heterocycles. The van der Waals surface area contributed by atoms with Crippen LogP contribution in [0.2, 0.25) is 0 Å². The lowest BCUT2D eigenvalue weighted by Gasteiger charge is -2.18. The first-order valence-corrected chi connectivity index (χ1v) is 5.24. The second kappa shape index (κ2) is 6.06. The third-order valence-electron chi connectivity index (χ3n) is 2.95. The van der Waals surface area contributed by atoms with Crippen molar-refractivity contribution < 1.29 is 9.59 Å². The fourth-order valence-electron chi connectivity index (χ4n) is 1.50. The minimum Gasteiger partial charge on any atom is -0.344 e. The van der Waals surface area contributed by atoms with Gasteiger partial charge in [-0.25, -0.2) is 0 Å². The Morgan fingerprint density at radius 3 is 2.50 bits per heavy atom. The second-order valence-corrected chi connectivity index (χ2v) is 4.26. The van der Waals surface area contributed by atoms with Gasteiger partial charge >= 0.3 is 0 Å². The van der Waals surface area contributed by atoms with Gasteiger partial charge in [-0.2, -0.15) is 0 Å². The van der Waals surface area contributed by atoms with Gasteiger partial charge in [0.1, 0.15) is 6.04 Å². The zero-order chi connectivity index (χ0) is 11.6. The molecule has 0 aliphatic carbocycles. The molecule has 16 heavy (non-hydrogen) atoms. The number of hydrogen-bond donors (Lipinski definition) is 2. The second-order valence-electron chi connectivity index (χ2n) is 4.26. The Balaban J connectivity index is 0.00000225. The summed E-state index contributed by atoms with van der Waals surface area (Å²) in [6, 6.07) is -0.553. The Morgan fingerprint density at radius 1 is 1.56 bits per heavy atom. The topological polar surface area (TPSA) is 75.4 Å². The largest absolute Gasteiger partial charge is 0.344 e. The van der Waals surface area contributed by atoms with E-state index < -0.39 is 0 Å².